The normalized spacial score (nSPS) is 14.5. The lowest BCUT2D eigenvalue weighted by Crippen LogP contribution is -2.35. The summed E-state index contributed by atoms with van der Waals surface area (Å²) in [6, 6.07) is 8.99. The molecule has 0 bridgehead atoms. The van der Waals surface area contributed by atoms with Crippen molar-refractivity contribution in [3.05, 3.63) is 60.4 Å². The predicted molar refractivity (Wildman–Crippen MR) is 117 cm³/mol. The molecule has 8 nitrogen and oxygen atoms in total. The van der Waals surface area contributed by atoms with E-state index < -0.39 is 5.95 Å². The van der Waals surface area contributed by atoms with Gasteiger partial charge in [0, 0.05) is 38.2 Å². The number of aromatic nitrogens is 4. The van der Waals surface area contributed by atoms with E-state index in [1.54, 1.807) is 41.5 Å². The quantitative estimate of drug-likeness (QED) is 0.594. The van der Waals surface area contributed by atoms with Crippen LogP contribution in [0, 0.1) is 11.9 Å². The van der Waals surface area contributed by atoms with E-state index in [0.29, 0.717) is 29.8 Å². The zero-order chi connectivity index (χ0) is 21.6. The number of urea groups is 1. The summed E-state index contributed by atoms with van der Waals surface area (Å²) < 4.78 is 16.2. The first-order valence-corrected chi connectivity index (χ1v) is 10.5. The third-order valence-electron chi connectivity index (χ3n) is 5.44. The molecule has 1 saturated heterocycles. The fourth-order valence-electron chi connectivity index (χ4n) is 3.89. The molecule has 2 N–H and O–H groups in total. The fourth-order valence-corrected chi connectivity index (χ4v) is 3.89. The van der Waals surface area contributed by atoms with Gasteiger partial charge in [-0.1, -0.05) is 0 Å². The molecule has 0 aliphatic carbocycles. The second-order valence-corrected chi connectivity index (χ2v) is 7.60. The molecule has 9 heteroatoms. The van der Waals surface area contributed by atoms with Gasteiger partial charge in [0.2, 0.25) is 5.95 Å². The van der Waals surface area contributed by atoms with Gasteiger partial charge < -0.3 is 10.2 Å². The molecule has 1 aliphatic rings. The Morgan fingerprint density at radius 1 is 1.23 bits per heavy atom. The number of pyridine rings is 2. The summed E-state index contributed by atoms with van der Waals surface area (Å²) in [7, 11) is 0. The minimum Gasteiger partial charge on any atom is -0.368 e. The Balaban J connectivity index is 1.33. The minimum absolute atomic E-state index is 0.255. The van der Waals surface area contributed by atoms with Crippen molar-refractivity contribution in [1.29, 1.82) is 0 Å². The summed E-state index contributed by atoms with van der Waals surface area (Å²) in [5.74, 6) is 1.04. The molecular weight excluding hydrogens is 397 g/mol. The SMILES string of the molecule is CCNC(=O)Nc1cc(CC2CCN(c3ccc(-n4cccn4)nc3F)CC2)ccn1. The van der Waals surface area contributed by atoms with Crippen LogP contribution in [0.4, 0.5) is 20.7 Å². The lowest BCUT2D eigenvalue weighted by Gasteiger charge is -2.33. The van der Waals surface area contributed by atoms with Gasteiger partial charge in [-0.05, 0) is 68.0 Å². The Kier molecular flexibility index (Phi) is 6.40. The van der Waals surface area contributed by atoms with Crippen LogP contribution < -0.4 is 15.5 Å². The Bertz CT molecular complexity index is 1020. The molecule has 0 spiro atoms. The summed E-state index contributed by atoms with van der Waals surface area (Å²) in [6.45, 7) is 3.98. The number of carbonyl (C=O) groups is 1. The maximum atomic E-state index is 14.6. The molecule has 0 atom stereocenters. The molecule has 4 heterocycles. The summed E-state index contributed by atoms with van der Waals surface area (Å²) in [6.07, 6.45) is 7.92. The van der Waals surface area contributed by atoms with E-state index in [4.69, 9.17) is 0 Å². The number of nitrogens with one attached hydrogen (secondary N) is 2. The van der Waals surface area contributed by atoms with Crippen LogP contribution >= 0.6 is 0 Å². The van der Waals surface area contributed by atoms with Crippen molar-refractivity contribution < 1.29 is 9.18 Å². The van der Waals surface area contributed by atoms with Crippen molar-refractivity contribution >= 4 is 17.5 Å². The van der Waals surface area contributed by atoms with Crippen LogP contribution in [-0.2, 0) is 6.42 Å². The number of rotatable bonds is 6. The van der Waals surface area contributed by atoms with Crippen LogP contribution in [0.1, 0.15) is 25.3 Å². The number of amides is 2. The van der Waals surface area contributed by atoms with Gasteiger partial charge in [0.15, 0.2) is 5.82 Å². The minimum atomic E-state index is -0.471. The van der Waals surface area contributed by atoms with E-state index in [9.17, 15) is 9.18 Å². The van der Waals surface area contributed by atoms with E-state index in [-0.39, 0.29) is 6.03 Å². The van der Waals surface area contributed by atoms with Crippen LogP contribution in [0.5, 0.6) is 0 Å². The van der Waals surface area contributed by atoms with E-state index in [0.717, 1.165) is 37.9 Å². The van der Waals surface area contributed by atoms with Gasteiger partial charge in [-0.2, -0.15) is 14.5 Å². The van der Waals surface area contributed by atoms with Crippen molar-refractivity contribution in [1.82, 2.24) is 25.1 Å². The third-order valence-corrected chi connectivity index (χ3v) is 5.44. The zero-order valence-electron chi connectivity index (χ0n) is 17.5. The monoisotopic (exact) mass is 423 g/mol. The Morgan fingerprint density at radius 2 is 2.06 bits per heavy atom. The average Bonchev–Trinajstić information content (AvgIpc) is 3.30. The highest BCUT2D eigenvalue weighted by atomic mass is 19.1. The molecule has 0 saturated carbocycles. The molecule has 3 aromatic heterocycles. The second kappa shape index (κ2) is 9.55. The van der Waals surface area contributed by atoms with Crippen molar-refractivity contribution in [2.75, 3.05) is 29.9 Å². The number of hydrogen-bond donors (Lipinski definition) is 2. The summed E-state index contributed by atoms with van der Waals surface area (Å²) in [4.78, 5) is 22.0. The molecule has 0 aromatic carbocycles. The first-order chi connectivity index (χ1) is 15.1. The molecule has 4 rings (SSSR count). The maximum absolute atomic E-state index is 14.6. The predicted octanol–water partition coefficient (Wildman–Crippen LogP) is 3.40. The summed E-state index contributed by atoms with van der Waals surface area (Å²) in [5.41, 5.74) is 1.67. The molecule has 3 aromatic rings. The van der Waals surface area contributed by atoms with Gasteiger partial charge in [-0.15, -0.1) is 0 Å². The number of hydrogen-bond acceptors (Lipinski definition) is 5. The number of anilines is 2. The van der Waals surface area contributed by atoms with E-state index in [2.05, 4.69) is 30.6 Å². The van der Waals surface area contributed by atoms with Gasteiger partial charge in [0.1, 0.15) is 5.82 Å². The van der Waals surface area contributed by atoms with Crippen LogP contribution in [0.3, 0.4) is 0 Å². The standard InChI is InChI=1S/C22H26FN7O/c1-2-24-22(31)27-19-15-17(6-10-25-19)14-16-7-12-29(13-8-16)18-4-5-20(28-21(18)23)30-11-3-9-26-30/h3-6,9-11,15-16H,2,7-8,12-14H2,1H3,(H2,24,25,27,31). The van der Waals surface area contributed by atoms with Crippen molar-refractivity contribution in [2.24, 2.45) is 5.92 Å². The maximum Gasteiger partial charge on any atom is 0.320 e. The van der Waals surface area contributed by atoms with Gasteiger partial charge >= 0.3 is 6.03 Å². The lowest BCUT2D eigenvalue weighted by atomic mass is 9.90. The van der Waals surface area contributed by atoms with Gasteiger partial charge in [-0.25, -0.2) is 14.5 Å². The molecule has 1 fully saturated rings. The molecule has 0 radical (unpaired) electrons. The first kappa shape index (κ1) is 20.8. The lowest BCUT2D eigenvalue weighted by molar-refractivity contribution is 0.252. The van der Waals surface area contributed by atoms with Gasteiger partial charge in [0.25, 0.3) is 0 Å². The van der Waals surface area contributed by atoms with Crippen molar-refractivity contribution in [3.63, 3.8) is 0 Å². The van der Waals surface area contributed by atoms with Crippen molar-refractivity contribution in [3.8, 4) is 5.82 Å². The van der Waals surface area contributed by atoms with E-state index in [1.165, 1.54) is 0 Å². The number of piperidine rings is 1. The largest absolute Gasteiger partial charge is 0.368 e. The summed E-state index contributed by atoms with van der Waals surface area (Å²) in [5, 5.41) is 9.53. The van der Waals surface area contributed by atoms with E-state index in [1.807, 2.05) is 19.1 Å². The molecule has 162 valence electrons. The third kappa shape index (κ3) is 5.17. The number of carbonyl (C=O) groups excluding carboxylic acids is 1. The average molecular weight is 423 g/mol. The van der Waals surface area contributed by atoms with Crippen LogP contribution in [0.2, 0.25) is 0 Å². The summed E-state index contributed by atoms with van der Waals surface area (Å²) >= 11 is 0. The van der Waals surface area contributed by atoms with Crippen LogP contribution in [0.15, 0.2) is 48.9 Å². The Labute approximate surface area is 180 Å². The highest BCUT2D eigenvalue weighted by molar-refractivity contribution is 5.88. The Morgan fingerprint density at radius 3 is 2.77 bits per heavy atom. The Hall–Kier alpha value is -3.49. The van der Waals surface area contributed by atoms with Crippen molar-refractivity contribution in [2.45, 2.75) is 26.2 Å². The molecule has 31 heavy (non-hydrogen) atoms. The number of nitrogens with zero attached hydrogens (tertiary/aromatic N) is 5. The highest BCUT2D eigenvalue weighted by Gasteiger charge is 2.22. The smallest absolute Gasteiger partial charge is 0.320 e. The number of halogens is 1. The van der Waals surface area contributed by atoms with E-state index >= 15 is 0 Å². The molecule has 1 aliphatic heterocycles. The van der Waals surface area contributed by atoms with Crippen LogP contribution in [-0.4, -0.2) is 45.4 Å². The topological polar surface area (TPSA) is 88.0 Å². The molecule has 0 unspecified atom stereocenters. The second-order valence-electron chi connectivity index (χ2n) is 7.60. The molecular formula is C22H26FN7O. The highest BCUT2D eigenvalue weighted by Crippen LogP contribution is 2.27. The first-order valence-electron chi connectivity index (χ1n) is 10.5. The van der Waals surface area contributed by atoms with Crippen LogP contribution in [0.25, 0.3) is 5.82 Å². The van der Waals surface area contributed by atoms with Gasteiger partial charge in [0.05, 0.1) is 5.69 Å². The fraction of sp³-hybridized carbons (Fsp3) is 0.364. The molecule has 2 amide bonds. The van der Waals surface area contributed by atoms with Gasteiger partial charge in [-0.3, -0.25) is 5.32 Å². The zero-order valence-corrected chi connectivity index (χ0v) is 17.5.